The molecule has 0 heterocycles. The van der Waals surface area contributed by atoms with Gasteiger partial charge in [0, 0.05) is 18.7 Å². The summed E-state index contributed by atoms with van der Waals surface area (Å²) in [6, 6.07) is 4.75. The first kappa shape index (κ1) is 18.4. The minimum atomic E-state index is -0.547. The molecule has 1 aromatic rings. The highest BCUT2D eigenvalue weighted by molar-refractivity contribution is 6.32. The minimum absolute atomic E-state index is 0.0883. The maximum atomic E-state index is 11.9. The second kappa shape index (κ2) is 9.37. The van der Waals surface area contributed by atoms with E-state index in [0.717, 1.165) is 12.8 Å². The number of unbranched alkanes of at least 4 members (excludes halogenated alkanes) is 1. The maximum Gasteiger partial charge on any atom is 0.312 e. The molecule has 3 amide bonds. The normalized spacial score (nSPS) is 14.4. The van der Waals surface area contributed by atoms with E-state index in [2.05, 4.69) is 10.6 Å². The van der Waals surface area contributed by atoms with Gasteiger partial charge in [0.25, 0.3) is 0 Å². The van der Waals surface area contributed by atoms with Crippen LogP contribution < -0.4 is 21.1 Å². The van der Waals surface area contributed by atoms with E-state index in [4.69, 9.17) is 22.1 Å². The smallest absolute Gasteiger partial charge is 0.312 e. The third-order valence-corrected chi connectivity index (χ3v) is 4.24. The van der Waals surface area contributed by atoms with Gasteiger partial charge in [0.05, 0.1) is 11.1 Å². The van der Waals surface area contributed by atoms with Gasteiger partial charge in [-0.2, -0.15) is 0 Å². The van der Waals surface area contributed by atoms with Crippen LogP contribution in [0, 0.1) is 0 Å². The monoisotopic (exact) mass is 353 g/mol. The Hall–Kier alpha value is -1.95. The van der Waals surface area contributed by atoms with Gasteiger partial charge in [-0.15, -0.1) is 0 Å². The Kier molecular flexibility index (Phi) is 7.18. The van der Waals surface area contributed by atoms with Crippen LogP contribution in [0.25, 0.3) is 0 Å². The van der Waals surface area contributed by atoms with Crippen molar-refractivity contribution < 1.29 is 14.3 Å². The summed E-state index contributed by atoms with van der Waals surface area (Å²) in [6.45, 7) is 0.474. The first-order chi connectivity index (χ1) is 11.5. The van der Waals surface area contributed by atoms with Crippen molar-refractivity contribution in [1.82, 2.24) is 5.32 Å². The van der Waals surface area contributed by atoms with Crippen molar-refractivity contribution >= 4 is 29.2 Å². The van der Waals surface area contributed by atoms with Crippen LogP contribution in [0.2, 0.25) is 5.02 Å². The molecule has 4 N–H and O–H groups in total. The van der Waals surface area contributed by atoms with Crippen molar-refractivity contribution in [3.63, 3.8) is 0 Å². The summed E-state index contributed by atoms with van der Waals surface area (Å²) in [6.07, 6.45) is 6.53. The molecular formula is C17H24ClN3O3. The Morgan fingerprint density at radius 3 is 2.67 bits per heavy atom. The summed E-state index contributed by atoms with van der Waals surface area (Å²) in [5.74, 6) is 0.577. The number of nitrogens with two attached hydrogens (primary N) is 1. The molecular weight excluding hydrogens is 330 g/mol. The first-order valence-corrected chi connectivity index (χ1v) is 8.72. The molecule has 0 aromatic heterocycles. The average Bonchev–Trinajstić information content (AvgIpc) is 3.02. The molecule has 1 saturated carbocycles. The van der Waals surface area contributed by atoms with Crippen LogP contribution in [0.4, 0.5) is 10.5 Å². The lowest BCUT2D eigenvalue weighted by Gasteiger charge is -2.15. The highest BCUT2D eigenvalue weighted by atomic mass is 35.5. The van der Waals surface area contributed by atoms with Crippen LogP contribution in [0.1, 0.15) is 44.9 Å². The topological polar surface area (TPSA) is 93.5 Å². The number of rotatable bonds is 8. The summed E-state index contributed by atoms with van der Waals surface area (Å²) >= 11 is 6.24. The Labute approximate surface area is 147 Å². The molecule has 0 spiro atoms. The molecule has 1 aliphatic carbocycles. The Morgan fingerprint density at radius 2 is 2.00 bits per heavy atom. The van der Waals surface area contributed by atoms with Gasteiger partial charge in [-0.3, -0.25) is 4.79 Å². The van der Waals surface area contributed by atoms with Gasteiger partial charge in [0.1, 0.15) is 5.75 Å². The van der Waals surface area contributed by atoms with Crippen LogP contribution in [-0.4, -0.2) is 24.6 Å². The van der Waals surface area contributed by atoms with E-state index in [9.17, 15) is 9.59 Å². The molecule has 1 aromatic carbocycles. The zero-order valence-electron chi connectivity index (χ0n) is 13.6. The van der Waals surface area contributed by atoms with Crippen molar-refractivity contribution in [3.05, 3.63) is 23.2 Å². The summed E-state index contributed by atoms with van der Waals surface area (Å²) in [4.78, 5) is 22.4. The molecule has 24 heavy (non-hydrogen) atoms. The molecule has 7 heteroatoms. The van der Waals surface area contributed by atoms with Gasteiger partial charge < -0.3 is 21.1 Å². The summed E-state index contributed by atoms with van der Waals surface area (Å²) in [5.41, 5.74) is 5.61. The van der Waals surface area contributed by atoms with Crippen LogP contribution >= 0.6 is 11.6 Å². The number of primary amides is 1. The fourth-order valence-corrected chi connectivity index (χ4v) is 2.93. The standard InChI is InChI=1S/C17H24ClN3O3/c18-14-11-12(8-9-15(14)24-13-5-1-2-6-13)21-16(22)7-3-4-10-20-17(19)23/h8-9,11,13H,1-7,10H2,(H,21,22)(H3,19,20,23). The number of carbonyl (C=O) groups is 2. The van der Waals surface area contributed by atoms with Crippen molar-refractivity contribution in [2.45, 2.75) is 51.0 Å². The van der Waals surface area contributed by atoms with Crippen molar-refractivity contribution in [2.24, 2.45) is 5.73 Å². The molecule has 1 aliphatic rings. The van der Waals surface area contributed by atoms with Gasteiger partial charge in [-0.1, -0.05) is 11.6 Å². The number of nitrogens with one attached hydrogen (secondary N) is 2. The second-order valence-corrected chi connectivity index (χ2v) is 6.37. The number of ether oxygens (including phenoxy) is 1. The Bertz CT molecular complexity index is 574. The van der Waals surface area contributed by atoms with Crippen LogP contribution in [0.3, 0.4) is 0 Å². The summed E-state index contributed by atoms with van der Waals surface area (Å²) in [5, 5.41) is 5.81. The van der Waals surface area contributed by atoms with Crippen molar-refractivity contribution in [2.75, 3.05) is 11.9 Å². The van der Waals surface area contributed by atoms with E-state index in [-0.39, 0.29) is 12.0 Å². The van der Waals surface area contributed by atoms with Gasteiger partial charge in [0.15, 0.2) is 0 Å². The van der Waals surface area contributed by atoms with Gasteiger partial charge in [-0.25, -0.2) is 4.79 Å². The second-order valence-electron chi connectivity index (χ2n) is 5.97. The van der Waals surface area contributed by atoms with E-state index in [0.29, 0.717) is 42.3 Å². The van der Waals surface area contributed by atoms with Crippen LogP contribution in [-0.2, 0) is 4.79 Å². The quantitative estimate of drug-likeness (QED) is 0.625. The van der Waals surface area contributed by atoms with E-state index in [1.807, 2.05) is 0 Å². The van der Waals surface area contributed by atoms with Crippen molar-refractivity contribution in [1.29, 1.82) is 0 Å². The fourth-order valence-electron chi connectivity index (χ4n) is 2.71. The number of anilines is 1. The molecule has 0 unspecified atom stereocenters. The molecule has 0 bridgehead atoms. The van der Waals surface area contributed by atoms with Crippen molar-refractivity contribution in [3.8, 4) is 5.75 Å². The molecule has 0 atom stereocenters. The van der Waals surface area contributed by atoms with Crippen LogP contribution in [0.15, 0.2) is 18.2 Å². The molecule has 6 nitrogen and oxygen atoms in total. The molecule has 2 rings (SSSR count). The summed E-state index contributed by atoms with van der Waals surface area (Å²) in [7, 11) is 0. The number of urea groups is 1. The number of hydrogen-bond donors (Lipinski definition) is 3. The predicted octanol–water partition coefficient (Wildman–Crippen LogP) is 3.44. The lowest BCUT2D eigenvalue weighted by Crippen LogP contribution is -2.30. The molecule has 0 radical (unpaired) electrons. The zero-order chi connectivity index (χ0) is 17.4. The zero-order valence-corrected chi connectivity index (χ0v) is 14.4. The Balaban J connectivity index is 1.74. The first-order valence-electron chi connectivity index (χ1n) is 8.34. The predicted molar refractivity (Wildman–Crippen MR) is 94.4 cm³/mol. The SMILES string of the molecule is NC(=O)NCCCCC(=O)Nc1ccc(OC2CCCC2)c(Cl)c1. The third kappa shape index (κ3) is 6.28. The molecule has 132 valence electrons. The molecule has 0 saturated heterocycles. The summed E-state index contributed by atoms with van der Waals surface area (Å²) < 4.78 is 5.89. The lowest BCUT2D eigenvalue weighted by molar-refractivity contribution is -0.116. The third-order valence-electron chi connectivity index (χ3n) is 3.94. The van der Waals surface area contributed by atoms with Crippen LogP contribution in [0.5, 0.6) is 5.75 Å². The highest BCUT2D eigenvalue weighted by Gasteiger charge is 2.17. The maximum absolute atomic E-state index is 11.9. The molecule has 1 fully saturated rings. The number of amides is 3. The lowest BCUT2D eigenvalue weighted by atomic mass is 10.2. The Morgan fingerprint density at radius 1 is 1.25 bits per heavy atom. The van der Waals surface area contributed by atoms with Gasteiger partial charge >= 0.3 is 6.03 Å². The number of carbonyl (C=O) groups excluding carboxylic acids is 2. The number of benzene rings is 1. The highest BCUT2D eigenvalue weighted by Crippen LogP contribution is 2.31. The van der Waals surface area contributed by atoms with E-state index in [1.54, 1.807) is 18.2 Å². The largest absolute Gasteiger partial charge is 0.489 e. The fraction of sp³-hybridized carbons (Fsp3) is 0.529. The van der Waals surface area contributed by atoms with E-state index in [1.165, 1.54) is 12.8 Å². The molecule has 0 aliphatic heterocycles. The minimum Gasteiger partial charge on any atom is -0.489 e. The van der Waals surface area contributed by atoms with E-state index < -0.39 is 6.03 Å². The van der Waals surface area contributed by atoms with Gasteiger partial charge in [0.2, 0.25) is 5.91 Å². The average molecular weight is 354 g/mol. The van der Waals surface area contributed by atoms with E-state index >= 15 is 0 Å². The van der Waals surface area contributed by atoms with Gasteiger partial charge in [-0.05, 0) is 56.7 Å². The number of hydrogen-bond acceptors (Lipinski definition) is 3. The number of halogens is 1.